The second-order valence-corrected chi connectivity index (χ2v) is 6.35. The van der Waals surface area contributed by atoms with E-state index in [0.717, 1.165) is 16.7 Å². The summed E-state index contributed by atoms with van der Waals surface area (Å²) in [4.78, 5) is 4.51. The molecule has 2 N–H and O–H groups in total. The molecule has 158 valence electrons. The number of rotatable bonds is 9. The average Bonchev–Trinajstić information content (AvgIpc) is 2.70. The van der Waals surface area contributed by atoms with Crippen LogP contribution >= 0.6 is 0 Å². The van der Waals surface area contributed by atoms with E-state index < -0.39 is 12.8 Å². The molecule has 0 saturated heterocycles. The van der Waals surface area contributed by atoms with Gasteiger partial charge in [-0.1, -0.05) is 36.4 Å². The predicted octanol–water partition coefficient (Wildman–Crippen LogP) is 4.03. The molecular formula is C21H26F3N3O2. The van der Waals surface area contributed by atoms with Gasteiger partial charge in [0.15, 0.2) is 12.6 Å². The van der Waals surface area contributed by atoms with E-state index in [1.165, 1.54) is 12.1 Å². The Morgan fingerprint density at radius 3 is 2.14 bits per heavy atom. The first kappa shape index (κ1) is 22.5. The molecule has 0 bridgehead atoms. The first-order chi connectivity index (χ1) is 13.9. The highest BCUT2D eigenvalue weighted by Crippen LogP contribution is 2.19. The lowest BCUT2D eigenvalue weighted by atomic mass is 10.1. The van der Waals surface area contributed by atoms with Crippen molar-refractivity contribution in [1.29, 1.82) is 0 Å². The molecule has 0 spiro atoms. The average molecular weight is 409 g/mol. The molecular weight excluding hydrogens is 383 g/mol. The molecule has 2 aromatic carbocycles. The SMILES string of the molecule is CCNC(=NCc1ccc(OCC(F)(F)F)cc1)NCc1ccc(COC)cc1. The molecule has 0 fully saturated rings. The summed E-state index contributed by atoms with van der Waals surface area (Å²) in [6, 6.07) is 14.5. The second-order valence-electron chi connectivity index (χ2n) is 6.35. The van der Waals surface area contributed by atoms with E-state index >= 15 is 0 Å². The van der Waals surface area contributed by atoms with E-state index in [2.05, 4.69) is 15.6 Å². The summed E-state index contributed by atoms with van der Waals surface area (Å²) in [7, 11) is 1.66. The first-order valence-corrected chi connectivity index (χ1v) is 9.27. The normalized spacial score (nSPS) is 12.0. The third-order valence-corrected chi connectivity index (χ3v) is 3.88. The Balaban J connectivity index is 1.89. The number of nitrogens with zero attached hydrogens (tertiary/aromatic N) is 1. The van der Waals surface area contributed by atoms with Crippen LogP contribution in [0.2, 0.25) is 0 Å². The lowest BCUT2D eigenvalue weighted by Crippen LogP contribution is -2.36. The summed E-state index contributed by atoms with van der Waals surface area (Å²) in [5, 5.41) is 6.44. The van der Waals surface area contributed by atoms with E-state index in [4.69, 9.17) is 9.47 Å². The van der Waals surface area contributed by atoms with E-state index in [0.29, 0.717) is 32.2 Å². The van der Waals surface area contributed by atoms with Crippen LogP contribution < -0.4 is 15.4 Å². The summed E-state index contributed by atoms with van der Waals surface area (Å²) in [6.45, 7) is 2.97. The van der Waals surface area contributed by atoms with Crippen molar-refractivity contribution in [3.63, 3.8) is 0 Å². The molecule has 0 saturated carbocycles. The topological polar surface area (TPSA) is 54.9 Å². The van der Waals surface area contributed by atoms with Gasteiger partial charge in [-0.3, -0.25) is 0 Å². The molecule has 0 aliphatic rings. The number of methoxy groups -OCH3 is 1. The molecule has 5 nitrogen and oxygen atoms in total. The number of ether oxygens (including phenoxy) is 2. The van der Waals surface area contributed by atoms with E-state index in [9.17, 15) is 13.2 Å². The fourth-order valence-corrected chi connectivity index (χ4v) is 2.47. The number of nitrogens with one attached hydrogen (secondary N) is 2. The van der Waals surface area contributed by atoms with Crippen LogP contribution in [0.25, 0.3) is 0 Å². The van der Waals surface area contributed by atoms with Gasteiger partial charge in [-0.2, -0.15) is 13.2 Å². The maximum absolute atomic E-state index is 12.2. The Hall–Kier alpha value is -2.74. The quantitative estimate of drug-likeness (QED) is 0.485. The number of guanidine groups is 1. The largest absolute Gasteiger partial charge is 0.484 e. The Kier molecular flexibility index (Phi) is 8.79. The number of hydrogen-bond acceptors (Lipinski definition) is 3. The van der Waals surface area contributed by atoms with Crippen molar-refractivity contribution in [2.75, 3.05) is 20.3 Å². The Labute approximate surface area is 168 Å². The molecule has 2 aromatic rings. The summed E-state index contributed by atoms with van der Waals surface area (Å²) >= 11 is 0. The van der Waals surface area contributed by atoms with Gasteiger partial charge in [-0.15, -0.1) is 0 Å². The molecule has 0 aromatic heterocycles. The lowest BCUT2D eigenvalue weighted by Gasteiger charge is -2.12. The smallest absolute Gasteiger partial charge is 0.422 e. The molecule has 0 aliphatic carbocycles. The molecule has 2 rings (SSSR count). The minimum Gasteiger partial charge on any atom is -0.484 e. The van der Waals surface area contributed by atoms with Crippen LogP contribution in [0, 0.1) is 0 Å². The minimum absolute atomic E-state index is 0.178. The molecule has 29 heavy (non-hydrogen) atoms. The highest BCUT2D eigenvalue weighted by molar-refractivity contribution is 5.79. The maximum atomic E-state index is 12.2. The summed E-state index contributed by atoms with van der Waals surface area (Å²) in [5.74, 6) is 0.836. The van der Waals surface area contributed by atoms with Crippen LogP contribution in [-0.2, 0) is 24.4 Å². The van der Waals surface area contributed by atoms with Gasteiger partial charge in [0.2, 0.25) is 0 Å². The fourth-order valence-electron chi connectivity index (χ4n) is 2.47. The zero-order chi connectivity index (χ0) is 21.1. The van der Waals surface area contributed by atoms with Gasteiger partial charge < -0.3 is 20.1 Å². The number of alkyl halides is 3. The van der Waals surface area contributed by atoms with E-state index in [1.54, 1.807) is 19.2 Å². The third-order valence-electron chi connectivity index (χ3n) is 3.88. The molecule has 0 atom stereocenters. The number of benzene rings is 2. The predicted molar refractivity (Wildman–Crippen MR) is 107 cm³/mol. The molecule has 0 aliphatic heterocycles. The van der Waals surface area contributed by atoms with Crippen molar-refractivity contribution in [3.05, 3.63) is 65.2 Å². The van der Waals surface area contributed by atoms with Crippen LogP contribution in [0.3, 0.4) is 0 Å². The first-order valence-electron chi connectivity index (χ1n) is 9.27. The van der Waals surface area contributed by atoms with Crippen molar-refractivity contribution in [1.82, 2.24) is 10.6 Å². The molecule has 0 unspecified atom stereocenters. The lowest BCUT2D eigenvalue weighted by molar-refractivity contribution is -0.153. The monoisotopic (exact) mass is 409 g/mol. The van der Waals surface area contributed by atoms with Gasteiger partial charge in [-0.25, -0.2) is 4.99 Å². The van der Waals surface area contributed by atoms with Gasteiger partial charge in [0.05, 0.1) is 13.2 Å². The Bertz CT molecular complexity index is 760. The van der Waals surface area contributed by atoms with Crippen molar-refractivity contribution < 1.29 is 22.6 Å². The van der Waals surface area contributed by atoms with E-state index in [1.807, 2.05) is 31.2 Å². The minimum atomic E-state index is -4.35. The number of halogens is 3. The molecule has 8 heteroatoms. The summed E-state index contributed by atoms with van der Waals surface area (Å²) in [6.07, 6.45) is -4.35. The number of aliphatic imine (C=N–C) groups is 1. The van der Waals surface area contributed by atoms with Crippen molar-refractivity contribution in [2.24, 2.45) is 4.99 Å². The number of hydrogen-bond donors (Lipinski definition) is 2. The van der Waals surface area contributed by atoms with Crippen LogP contribution in [0.4, 0.5) is 13.2 Å². The third kappa shape index (κ3) is 8.87. The van der Waals surface area contributed by atoms with Gasteiger partial charge in [0, 0.05) is 20.2 Å². The molecule has 0 amide bonds. The van der Waals surface area contributed by atoms with E-state index in [-0.39, 0.29) is 5.75 Å². The zero-order valence-electron chi connectivity index (χ0n) is 16.6. The van der Waals surface area contributed by atoms with Crippen LogP contribution in [0.15, 0.2) is 53.5 Å². The van der Waals surface area contributed by atoms with Gasteiger partial charge in [-0.05, 0) is 35.7 Å². The van der Waals surface area contributed by atoms with Crippen molar-refractivity contribution >= 4 is 5.96 Å². The maximum Gasteiger partial charge on any atom is 0.422 e. The van der Waals surface area contributed by atoms with Gasteiger partial charge in [0.1, 0.15) is 5.75 Å². The highest BCUT2D eigenvalue weighted by atomic mass is 19.4. The fraction of sp³-hybridized carbons (Fsp3) is 0.381. The van der Waals surface area contributed by atoms with Gasteiger partial charge in [0.25, 0.3) is 0 Å². The van der Waals surface area contributed by atoms with Gasteiger partial charge >= 0.3 is 6.18 Å². The standard InChI is InChI=1S/C21H26F3N3O2/c1-3-25-20(26-12-16-4-6-18(7-5-16)14-28-2)27-13-17-8-10-19(11-9-17)29-15-21(22,23)24/h4-11H,3,12-15H2,1-2H3,(H2,25,26,27). The summed E-state index contributed by atoms with van der Waals surface area (Å²) < 4.78 is 46.4. The van der Waals surface area contributed by atoms with Crippen LogP contribution in [-0.4, -0.2) is 32.4 Å². The van der Waals surface area contributed by atoms with Crippen LogP contribution in [0.5, 0.6) is 5.75 Å². The van der Waals surface area contributed by atoms with Crippen molar-refractivity contribution in [3.8, 4) is 5.75 Å². The molecule has 0 heterocycles. The highest BCUT2D eigenvalue weighted by Gasteiger charge is 2.28. The Morgan fingerprint density at radius 1 is 0.931 bits per heavy atom. The van der Waals surface area contributed by atoms with Crippen LogP contribution in [0.1, 0.15) is 23.6 Å². The van der Waals surface area contributed by atoms with Crippen molar-refractivity contribution in [2.45, 2.75) is 32.8 Å². The Morgan fingerprint density at radius 2 is 1.55 bits per heavy atom. The summed E-state index contributed by atoms with van der Waals surface area (Å²) in [5.41, 5.74) is 3.09. The second kappa shape index (κ2) is 11.3. The molecule has 0 radical (unpaired) electrons. The zero-order valence-corrected chi connectivity index (χ0v) is 16.6.